The van der Waals surface area contributed by atoms with Gasteiger partial charge in [0.1, 0.15) is 0 Å². The number of rotatable bonds is 1. The molecule has 0 unspecified atom stereocenters. The van der Waals surface area contributed by atoms with Gasteiger partial charge in [0, 0.05) is 10.7 Å². The summed E-state index contributed by atoms with van der Waals surface area (Å²) in [6, 6.07) is 21.9. The molecule has 0 fully saturated rings. The lowest BCUT2D eigenvalue weighted by Gasteiger charge is -2.06. The molecule has 4 rings (SSSR count). The van der Waals surface area contributed by atoms with Crippen LogP contribution in [0.2, 0.25) is 0 Å². The van der Waals surface area contributed by atoms with Crippen LogP contribution in [0.4, 0.5) is 0 Å². The van der Waals surface area contributed by atoms with Gasteiger partial charge < -0.3 is 0 Å². The lowest BCUT2D eigenvalue weighted by Crippen LogP contribution is -1.92. The van der Waals surface area contributed by atoms with Crippen molar-refractivity contribution in [3.8, 4) is 0 Å². The van der Waals surface area contributed by atoms with Crippen LogP contribution in [0.25, 0.3) is 32.3 Å². The largest absolute Gasteiger partial charge is 0.316 e. The van der Waals surface area contributed by atoms with Gasteiger partial charge in [-0.1, -0.05) is 30.3 Å². The predicted octanol–water partition coefficient (Wildman–Crippen LogP) is 5.05. The van der Waals surface area contributed by atoms with Crippen molar-refractivity contribution in [3.05, 3.63) is 77.2 Å². The minimum Gasteiger partial charge on any atom is -0.263 e. The maximum atomic E-state index is 11.4. The topological polar surface area (TPSA) is 46.5 Å². The summed E-state index contributed by atoms with van der Waals surface area (Å²) in [5, 5.41) is 9.08. The predicted molar refractivity (Wildman–Crippen MR) is 89.1 cm³/mol. The Morgan fingerprint density at radius 3 is 1.73 bits per heavy atom. The van der Waals surface area contributed by atoms with E-state index in [0.717, 1.165) is 21.5 Å². The average molecular weight is 285 g/mol. The van der Waals surface area contributed by atoms with Crippen LogP contribution in [0.15, 0.2) is 71.9 Å². The molecule has 0 N–H and O–H groups in total. The van der Waals surface area contributed by atoms with Gasteiger partial charge in [-0.2, -0.15) is 0 Å². The van der Waals surface area contributed by atoms with Crippen LogP contribution in [-0.2, 0) is 0 Å². The lowest BCUT2D eigenvalue weighted by atomic mass is 9.98. The molecule has 3 heteroatoms. The molecule has 1 amide bonds. The van der Waals surface area contributed by atoms with E-state index in [1.165, 1.54) is 10.8 Å². The number of nitrogens with zero attached hydrogens (tertiary/aromatic N) is 1. The van der Waals surface area contributed by atoms with E-state index in [2.05, 4.69) is 35.5 Å². The average Bonchev–Trinajstić information content (AvgIpc) is 2.56. The summed E-state index contributed by atoms with van der Waals surface area (Å²) in [5.74, 6) is -0.736. The zero-order valence-electron chi connectivity index (χ0n) is 11.6. The molecule has 0 aliphatic carbocycles. The van der Waals surface area contributed by atoms with E-state index in [1.54, 1.807) is 12.1 Å². The molecule has 0 spiro atoms. The summed E-state index contributed by atoms with van der Waals surface area (Å²) in [4.78, 5) is 21.8. The first-order valence-electron chi connectivity index (χ1n) is 6.99. The Labute approximate surface area is 126 Å². The van der Waals surface area contributed by atoms with Gasteiger partial charge in [-0.05, 0) is 68.7 Å². The molecule has 0 saturated carbocycles. The zero-order valence-corrected chi connectivity index (χ0v) is 11.6. The quantitative estimate of drug-likeness (QED) is 0.363. The minimum atomic E-state index is -0.736. The van der Waals surface area contributed by atoms with Crippen molar-refractivity contribution in [2.75, 3.05) is 0 Å². The Hall–Kier alpha value is -3.07. The lowest BCUT2D eigenvalue weighted by molar-refractivity contribution is 0.100. The highest BCUT2D eigenvalue weighted by atomic mass is 16.3. The van der Waals surface area contributed by atoms with Crippen molar-refractivity contribution in [1.82, 2.24) is 0 Å². The van der Waals surface area contributed by atoms with Crippen molar-refractivity contribution in [2.45, 2.75) is 0 Å². The van der Waals surface area contributed by atoms with Crippen LogP contribution in [0.1, 0.15) is 10.4 Å². The third kappa shape index (κ3) is 1.95. The first-order chi connectivity index (χ1) is 10.7. The Balaban J connectivity index is 2.03. The van der Waals surface area contributed by atoms with Gasteiger partial charge in [0.25, 0.3) is 0 Å². The van der Waals surface area contributed by atoms with Crippen molar-refractivity contribution >= 4 is 38.2 Å². The molecule has 0 aromatic heterocycles. The first-order valence-corrected chi connectivity index (χ1v) is 6.99. The minimum absolute atomic E-state index is 0.322. The number of carbonyl (C=O) groups is 1. The molecule has 4 aromatic rings. The molecule has 0 saturated heterocycles. The second-order valence-electron chi connectivity index (χ2n) is 5.36. The standard InChI is InChI=1S/C19H11NO2/c21-19(20-22)15-6-5-14-9-17-7-12-3-1-2-4-13(12)8-18(17)11-16(14)10-15/h1-11H. The fourth-order valence-corrected chi connectivity index (χ4v) is 2.88. The van der Waals surface area contributed by atoms with E-state index >= 15 is 0 Å². The van der Waals surface area contributed by atoms with Gasteiger partial charge in [-0.25, -0.2) is 0 Å². The molecular formula is C19H11NO2. The van der Waals surface area contributed by atoms with Crippen LogP contribution in [0.3, 0.4) is 0 Å². The van der Waals surface area contributed by atoms with Crippen molar-refractivity contribution in [1.29, 1.82) is 0 Å². The van der Waals surface area contributed by atoms with Gasteiger partial charge >= 0.3 is 5.91 Å². The highest BCUT2D eigenvalue weighted by Crippen LogP contribution is 2.28. The fourth-order valence-electron chi connectivity index (χ4n) is 2.88. The first kappa shape index (κ1) is 12.7. The van der Waals surface area contributed by atoms with Gasteiger partial charge in [0.05, 0.1) is 0 Å². The van der Waals surface area contributed by atoms with E-state index in [0.29, 0.717) is 5.56 Å². The van der Waals surface area contributed by atoms with Crippen LogP contribution in [0.5, 0.6) is 0 Å². The Bertz CT molecular complexity index is 1070. The van der Waals surface area contributed by atoms with Gasteiger partial charge in [-0.3, -0.25) is 4.79 Å². The summed E-state index contributed by atoms with van der Waals surface area (Å²) >= 11 is 0. The molecule has 0 bridgehead atoms. The number of amides is 1. The SMILES string of the molecule is O=NC(=O)c1ccc2cc3cc4ccccc4cc3cc2c1. The molecular weight excluding hydrogens is 274 g/mol. The van der Waals surface area contributed by atoms with E-state index in [9.17, 15) is 9.70 Å². The molecule has 0 atom stereocenters. The summed E-state index contributed by atoms with van der Waals surface area (Å²) in [5.41, 5.74) is 0.322. The molecule has 0 aliphatic rings. The highest BCUT2D eigenvalue weighted by molar-refractivity contribution is 6.06. The number of benzene rings is 4. The summed E-state index contributed by atoms with van der Waals surface area (Å²) < 4.78 is 0. The Kier molecular flexibility index (Phi) is 2.73. The van der Waals surface area contributed by atoms with Crippen LogP contribution in [0, 0.1) is 4.91 Å². The second kappa shape index (κ2) is 4.74. The van der Waals surface area contributed by atoms with Crippen molar-refractivity contribution < 1.29 is 4.79 Å². The third-order valence-corrected chi connectivity index (χ3v) is 3.99. The molecule has 3 nitrogen and oxygen atoms in total. The van der Waals surface area contributed by atoms with Gasteiger partial charge in [-0.15, -0.1) is 4.91 Å². The maximum absolute atomic E-state index is 11.4. The zero-order chi connectivity index (χ0) is 15.1. The van der Waals surface area contributed by atoms with Gasteiger partial charge in [0.15, 0.2) is 0 Å². The molecule has 0 aliphatic heterocycles. The van der Waals surface area contributed by atoms with Crippen molar-refractivity contribution in [2.24, 2.45) is 5.18 Å². The Morgan fingerprint density at radius 1 is 0.636 bits per heavy atom. The van der Waals surface area contributed by atoms with Gasteiger partial charge in [0.2, 0.25) is 0 Å². The summed E-state index contributed by atoms with van der Waals surface area (Å²) in [6.45, 7) is 0. The highest BCUT2D eigenvalue weighted by Gasteiger charge is 2.07. The number of hydrogen-bond acceptors (Lipinski definition) is 2. The van der Waals surface area contributed by atoms with Crippen molar-refractivity contribution in [3.63, 3.8) is 0 Å². The molecule has 4 aromatic carbocycles. The van der Waals surface area contributed by atoms with E-state index < -0.39 is 5.91 Å². The normalized spacial score (nSPS) is 11.1. The molecule has 22 heavy (non-hydrogen) atoms. The molecule has 104 valence electrons. The summed E-state index contributed by atoms with van der Waals surface area (Å²) in [7, 11) is 0. The summed E-state index contributed by atoms with van der Waals surface area (Å²) in [6.07, 6.45) is 0. The molecule has 0 heterocycles. The van der Waals surface area contributed by atoms with E-state index in [-0.39, 0.29) is 0 Å². The van der Waals surface area contributed by atoms with Crippen LogP contribution in [-0.4, -0.2) is 5.91 Å². The monoisotopic (exact) mass is 285 g/mol. The van der Waals surface area contributed by atoms with E-state index in [4.69, 9.17) is 0 Å². The number of fused-ring (bicyclic) bond motifs is 3. The molecule has 0 radical (unpaired) electrons. The van der Waals surface area contributed by atoms with E-state index in [1.807, 2.05) is 24.3 Å². The number of carbonyl (C=O) groups excluding carboxylic acids is 1. The number of nitroso groups, excluding NO2 is 1. The smallest absolute Gasteiger partial charge is 0.263 e. The van der Waals surface area contributed by atoms with Crippen LogP contribution >= 0.6 is 0 Å². The Morgan fingerprint density at radius 2 is 1.14 bits per heavy atom. The number of hydrogen-bond donors (Lipinski definition) is 0. The fraction of sp³-hybridized carbons (Fsp3) is 0. The third-order valence-electron chi connectivity index (χ3n) is 3.99. The second-order valence-corrected chi connectivity index (χ2v) is 5.36. The van der Waals surface area contributed by atoms with Crippen LogP contribution < -0.4 is 0 Å². The maximum Gasteiger partial charge on any atom is 0.316 e.